The van der Waals surface area contributed by atoms with E-state index < -0.39 is 0 Å². The van der Waals surface area contributed by atoms with Crippen LogP contribution < -0.4 is 20.1 Å². The molecule has 0 aliphatic carbocycles. The molecule has 1 aliphatic heterocycles. The van der Waals surface area contributed by atoms with Crippen molar-refractivity contribution in [3.05, 3.63) is 36.0 Å². The SMILES string of the molecule is CCCCNc1nccc(NCc2ccc3c(c2)OCO3)n1. The van der Waals surface area contributed by atoms with E-state index >= 15 is 0 Å². The van der Waals surface area contributed by atoms with E-state index in [1.54, 1.807) is 6.20 Å². The van der Waals surface area contributed by atoms with Crippen molar-refractivity contribution in [1.82, 2.24) is 9.97 Å². The number of anilines is 2. The van der Waals surface area contributed by atoms with Gasteiger partial charge in [0.15, 0.2) is 11.5 Å². The minimum Gasteiger partial charge on any atom is -0.454 e. The van der Waals surface area contributed by atoms with Gasteiger partial charge in [-0.3, -0.25) is 0 Å². The van der Waals surface area contributed by atoms with Crippen LogP contribution in [-0.2, 0) is 6.54 Å². The van der Waals surface area contributed by atoms with Crippen molar-refractivity contribution in [2.75, 3.05) is 24.0 Å². The molecule has 0 saturated heterocycles. The van der Waals surface area contributed by atoms with Gasteiger partial charge in [0.2, 0.25) is 12.7 Å². The molecule has 6 nitrogen and oxygen atoms in total. The highest BCUT2D eigenvalue weighted by atomic mass is 16.7. The summed E-state index contributed by atoms with van der Waals surface area (Å²) in [7, 11) is 0. The highest BCUT2D eigenvalue weighted by molar-refractivity contribution is 5.46. The van der Waals surface area contributed by atoms with E-state index in [1.165, 1.54) is 0 Å². The molecular weight excluding hydrogens is 280 g/mol. The quantitative estimate of drug-likeness (QED) is 0.766. The third-order valence-electron chi connectivity index (χ3n) is 3.38. The minimum atomic E-state index is 0.297. The van der Waals surface area contributed by atoms with Gasteiger partial charge >= 0.3 is 0 Å². The summed E-state index contributed by atoms with van der Waals surface area (Å²) < 4.78 is 10.7. The summed E-state index contributed by atoms with van der Waals surface area (Å²) in [5.41, 5.74) is 1.11. The molecule has 2 aromatic rings. The monoisotopic (exact) mass is 300 g/mol. The number of unbranched alkanes of at least 4 members (excludes halogenated alkanes) is 1. The Bertz CT molecular complexity index is 633. The van der Waals surface area contributed by atoms with Crippen molar-refractivity contribution in [3.8, 4) is 11.5 Å². The van der Waals surface area contributed by atoms with E-state index in [1.807, 2.05) is 24.3 Å². The molecule has 0 spiro atoms. The molecule has 3 rings (SSSR count). The second-order valence-electron chi connectivity index (χ2n) is 5.09. The van der Waals surface area contributed by atoms with Crippen molar-refractivity contribution < 1.29 is 9.47 Å². The van der Waals surface area contributed by atoms with Crippen molar-refractivity contribution >= 4 is 11.8 Å². The van der Waals surface area contributed by atoms with Gasteiger partial charge in [-0.05, 0) is 30.2 Å². The molecule has 2 N–H and O–H groups in total. The zero-order chi connectivity index (χ0) is 15.2. The number of nitrogens with zero attached hydrogens (tertiary/aromatic N) is 2. The van der Waals surface area contributed by atoms with E-state index in [0.29, 0.717) is 19.3 Å². The third kappa shape index (κ3) is 3.58. The summed E-state index contributed by atoms with van der Waals surface area (Å²) in [5, 5.41) is 6.51. The van der Waals surface area contributed by atoms with Crippen molar-refractivity contribution in [3.63, 3.8) is 0 Å². The average Bonchev–Trinajstić information content (AvgIpc) is 3.01. The van der Waals surface area contributed by atoms with Crippen LogP contribution in [0.3, 0.4) is 0 Å². The average molecular weight is 300 g/mol. The standard InChI is InChI=1S/C16H20N4O2/c1-2-3-7-17-16-18-8-6-15(20-16)19-10-12-4-5-13-14(9-12)22-11-21-13/h4-6,8-9H,2-3,7,10-11H2,1H3,(H2,17,18,19,20). The Morgan fingerprint density at radius 1 is 1.14 bits per heavy atom. The number of rotatable bonds is 7. The maximum absolute atomic E-state index is 5.38. The number of ether oxygens (including phenoxy) is 2. The lowest BCUT2D eigenvalue weighted by molar-refractivity contribution is 0.174. The predicted molar refractivity (Wildman–Crippen MR) is 85.3 cm³/mol. The number of aromatic nitrogens is 2. The molecule has 2 heterocycles. The molecule has 22 heavy (non-hydrogen) atoms. The van der Waals surface area contributed by atoms with Gasteiger partial charge in [-0.25, -0.2) is 4.98 Å². The Morgan fingerprint density at radius 3 is 2.95 bits per heavy atom. The second-order valence-corrected chi connectivity index (χ2v) is 5.09. The molecule has 1 aromatic carbocycles. The van der Waals surface area contributed by atoms with E-state index in [9.17, 15) is 0 Å². The number of benzene rings is 1. The van der Waals surface area contributed by atoms with Crippen LogP contribution >= 0.6 is 0 Å². The number of hydrogen-bond acceptors (Lipinski definition) is 6. The van der Waals surface area contributed by atoms with Crippen LogP contribution in [0.15, 0.2) is 30.5 Å². The molecule has 1 aliphatic rings. The van der Waals surface area contributed by atoms with Gasteiger partial charge in [0, 0.05) is 19.3 Å². The van der Waals surface area contributed by atoms with Gasteiger partial charge in [0.05, 0.1) is 0 Å². The van der Waals surface area contributed by atoms with E-state index in [4.69, 9.17) is 9.47 Å². The maximum atomic E-state index is 5.38. The van der Waals surface area contributed by atoms with Crippen LogP contribution in [0.4, 0.5) is 11.8 Å². The Balaban J connectivity index is 1.58. The fraction of sp³-hybridized carbons (Fsp3) is 0.375. The van der Waals surface area contributed by atoms with Gasteiger partial charge in [-0.2, -0.15) is 4.98 Å². The highest BCUT2D eigenvalue weighted by Crippen LogP contribution is 2.32. The predicted octanol–water partition coefficient (Wildman–Crippen LogP) is 3.03. The Kier molecular flexibility index (Phi) is 4.58. The molecule has 0 radical (unpaired) electrons. The van der Waals surface area contributed by atoms with Crippen LogP contribution in [0.5, 0.6) is 11.5 Å². The number of hydrogen-bond donors (Lipinski definition) is 2. The molecule has 0 bridgehead atoms. The normalized spacial score (nSPS) is 12.2. The summed E-state index contributed by atoms with van der Waals surface area (Å²) in [6.45, 7) is 4.01. The van der Waals surface area contributed by atoms with Crippen molar-refractivity contribution in [2.45, 2.75) is 26.3 Å². The Labute approximate surface area is 129 Å². The lowest BCUT2D eigenvalue weighted by atomic mass is 10.2. The van der Waals surface area contributed by atoms with Crippen LogP contribution in [-0.4, -0.2) is 23.3 Å². The summed E-state index contributed by atoms with van der Waals surface area (Å²) >= 11 is 0. The van der Waals surface area contributed by atoms with Gasteiger partial charge in [-0.15, -0.1) is 0 Å². The first-order valence-corrected chi connectivity index (χ1v) is 7.54. The van der Waals surface area contributed by atoms with Crippen molar-refractivity contribution in [2.24, 2.45) is 0 Å². The van der Waals surface area contributed by atoms with Crippen molar-refractivity contribution in [1.29, 1.82) is 0 Å². The molecule has 1 aromatic heterocycles. The fourth-order valence-electron chi connectivity index (χ4n) is 2.16. The summed E-state index contributed by atoms with van der Waals surface area (Å²) in [4.78, 5) is 8.66. The number of nitrogens with one attached hydrogen (secondary N) is 2. The largest absolute Gasteiger partial charge is 0.454 e. The smallest absolute Gasteiger partial charge is 0.231 e. The molecule has 0 fully saturated rings. The highest BCUT2D eigenvalue weighted by Gasteiger charge is 2.12. The Morgan fingerprint density at radius 2 is 2.05 bits per heavy atom. The molecule has 0 saturated carbocycles. The molecular formula is C16H20N4O2. The van der Waals surface area contributed by atoms with Gasteiger partial charge in [0.1, 0.15) is 5.82 Å². The number of fused-ring (bicyclic) bond motifs is 1. The molecule has 6 heteroatoms. The Hall–Kier alpha value is -2.50. The zero-order valence-corrected chi connectivity index (χ0v) is 12.6. The van der Waals surface area contributed by atoms with Crippen LogP contribution in [0, 0.1) is 0 Å². The molecule has 0 amide bonds. The first-order valence-electron chi connectivity index (χ1n) is 7.54. The second kappa shape index (κ2) is 6.98. The first kappa shape index (κ1) is 14.4. The molecule has 0 unspecified atom stereocenters. The lowest BCUT2D eigenvalue weighted by Gasteiger charge is -2.08. The van der Waals surface area contributed by atoms with E-state index in [2.05, 4.69) is 27.5 Å². The zero-order valence-electron chi connectivity index (χ0n) is 12.6. The van der Waals surface area contributed by atoms with Crippen LogP contribution in [0.1, 0.15) is 25.3 Å². The summed E-state index contributed by atoms with van der Waals surface area (Å²) in [6, 6.07) is 7.79. The van der Waals surface area contributed by atoms with Crippen LogP contribution in [0.2, 0.25) is 0 Å². The van der Waals surface area contributed by atoms with Gasteiger partial charge in [-0.1, -0.05) is 19.4 Å². The summed E-state index contributed by atoms with van der Waals surface area (Å²) in [5.74, 6) is 3.05. The van der Waals surface area contributed by atoms with E-state index in [0.717, 1.165) is 42.3 Å². The fourth-order valence-corrected chi connectivity index (χ4v) is 2.16. The van der Waals surface area contributed by atoms with Crippen LogP contribution in [0.25, 0.3) is 0 Å². The minimum absolute atomic E-state index is 0.297. The molecule has 116 valence electrons. The maximum Gasteiger partial charge on any atom is 0.231 e. The van der Waals surface area contributed by atoms with Gasteiger partial charge < -0.3 is 20.1 Å². The topological polar surface area (TPSA) is 68.3 Å². The van der Waals surface area contributed by atoms with Gasteiger partial charge in [0.25, 0.3) is 0 Å². The first-order chi connectivity index (χ1) is 10.8. The molecule has 0 atom stereocenters. The summed E-state index contributed by atoms with van der Waals surface area (Å²) in [6.07, 6.45) is 4.01. The van der Waals surface area contributed by atoms with E-state index in [-0.39, 0.29) is 0 Å². The third-order valence-corrected chi connectivity index (χ3v) is 3.38. The lowest BCUT2D eigenvalue weighted by Crippen LogP contribution is -2.07.